The Morgan fingerprint density at radius 1 is 1.29 bits per heavy atom. The van der Waals surface area contributed by atoms with Crippen molar-refractivity contribution in [1.29, 1.82) is 0 Å². The maximum absolute atomic E-state index is 6.10. The third-order valence-corrected chi connectivity index (χ3v) is 3.28. The molecule has 1 fully saturated rings. The molecule has 2 rings (SSSR count). The monoisotopic (exact) mass is 234 g/mol. The molecular formula is C15H22O2. The van der Waals surface area contributed by atoms with Crippen molar-refractivity contribution in [3.05, 3.63) is 35.4 Å². The summed E-state index contributed by atoms with van der Waals surface area (Å²) < 4.78 is 11.7. The van der Waals surface area contributed by atoms with Gasteiger partial charge in [0.15, 0.2) is 6.29 Å². The van der Waals surface area contributed by atoms with Crippen molar-refractivity contribution in [2.24, 2.45) is 0 Å². The summed E-state index contributed by atoms with van der Waals surface area (Å²) in [5.41, 5.74) is 2.20. The first-order valence-corrected chi connectivity index (χ1v) is 6.44. The van der Waals surface area contributed by atoms with Crippen LogP contribution in [-0.2, 0) is 15.1 Å². The van der Waals surface area contributed by atoms with Gasteiger partial charge in [-0.25, -0.2) is 0 Å². The molecule has 1 heterocycles. The first kappa shape index (κ1) is 12.6. The Bertz CT molecular complexity index is 365. The second-order valence-electron chi connectivity index (χ2n) is 5.29. The van der Waals surface area contributed by atoms with Crippen LogP contribution in [0.1, 0.15) is 44.2 Å². The normalized spacial score (nSPS) is 21.5. The molecule has 1 atom stereocenters. The molecule has 0 amide bonds. The van der Waals surface area contributed by atoms with Gasteiger partial charge in [0, 0.05) is 6.61 Å². The van der Waals surface area contributed by atoms with Crippen LogP contribution in [0.3, 0.4) is 0 Å². The predicted molar refractivity (Wildman–Crippen MR) is 68.9 cm³/mol. The average molecular weight is 234 g/mol. The molecule has 2 nitrogen and oxygen atoms in total. The zero-order valence-corrected chi connectivity index (χ0v) is 11.0. The number of benzene rings is 1. The SMILES string of the molecule is Cc1cccc(C(C)(C)OC2CCCCO2)c1. The Morgan fingerprint density at radius 2 is 2.12 bits per heavy atom. The van der Waals surface area contributed by atoms with E-state index in [1.54, 1.807) is 0 Å². The summed E-state index contributed by atoms with van der Waals surface area (Å²) in [7, 11) is 0. The van der Waals surface area contributed by atoms with Crippen LogP contribution in [0.2, 0.25) is 0 Å². The molecule has 0 N–H and O–H groups in total. The van der Waals surface area contributed by atoms with Crippen molar-refractivity contribution >= 4 is 0 Å². The molecule has 94 valence electrons. The van der Waals surface area contributed by atoms with Crippen LogP contribution in [-0.4, -0.2) is 12.9 Å². The zero-order chi connectivity index (χ0) is 12.3. The molecule has 1 aromatic carbocycles. The van der Waals surface area contributed by atoms with E-state index < -0.39 is 0 Å². The number of rotatable bonds is 3. The topological polar surface area (TPSA) is 18.5 Å². The molecule has 17 heavy (non-hydrogen) atoms. The van der Waals surface area contributed by atoms with Crippen molar-refractivity contribution in [3.63, 3.8) is 0 Å². The molecular weight excluding hydrogens is 212 g/mol. The molecule has 1 unspecified atom stereocenters. The van der Waals surface area contributed by atoms with Gasteiger partial charge in [0.1, 0.15) is 0 Å². The summed E-state index contributed by atoms with van der Waals surface area (Å²) in [5, 5.41) is 0. The largest absolute Gasteiger partial charge is 0.353 e. The molecule has 0 spiro atoms. The van der Waals surface area contributed by atoms with E-state index in [9.17, 15) is 0 Å². The van der Waals surface area contributed by atoms with Gasteiger partial charge in [0.25, 0.3) is 0 Å². The lowest BCUT2D eigenvalue weighted by Gasteiger charge is -2.33. The molecule has 0 aromatic heterocycles. The summed E-state index contributed by atoms with van der Waals surface area (Å²) in [5.74, 6) is 0. The lowest BCUT2D eigenvalue weighted by Crippen LogP contribution is -2.32. The number of aryl methyl sites for hydroxylation is 1. The van der Waals surface area contributed by atoms with Gasteiger partial charge in [0.2, 0.25) is 0 Å². The Hall–Kier alpha value is -0.860. The van der Waals surface area contributed by atoms with E-state index in [4.69, 9.17) is 9.47 Å². The lowest BCUT2D eigenvalue weighted by molar-refractivity contribution is -0.219. The minimum absolute atomic E-state index is 0.0423. The molecule has 2 heteroatoms. The summed E-state index contributed by atoms with van der Waals surface area (Å²) in [4.78, 5) is 0. The van der Waals surface area contributed by atoms with Crippen molar-refractivity contribution in [2.75, 3.05) is 6.61 Å². The molecule has 1 aromatic rings. The Labute approximate surface area is 104 Å². The van der Waals surface area contributed by atoms with E-state index in [1.807, 2.05) is 0 Å². The molecule has 0 saturated carbocycles. The van der Waals surface area contributed by atoms with Crippen LogP contribution >= 0.6 is 0 Å². The second-order valence-corrected chi connectivity index (χ2v) is 5.29. The number of hydrogen-bond donors (Lipinski definition) is 0. The van der Waals surface area contributed by atoms with Gasteiger partial charge >= 0.3 is 0 Å². The third-order valence-electron chi connectivity index (χ3n) is 3.28. The first-order valence-electron chi connectivity index (χ1n) is 6.44. The Kier molecular flexibility index (Phi) is 3.85. The van der Waals surface area contributed by atoms with Gasteiger partial charge in [-0.3, -0.25) is 0 Å². The predicted octanol–water partition coefficient (Wildman–Crippen LogP) is 3.77. The van der Waals surface area contributed by atoms with Crippen molar-refractivity contribution in [2.45, 2.75) is 51.9 Å². The molecule has 0 radical (unpaired) electrons. The first-order chi connectivity index (χ1) is 8.08. The van der Waals surface area contributed by atoms with E-state index >= 15 is 0 Å². The van der Waals surface area contributed by atoms with Gasteiger partial charge in [-0.15, -0.1) is 0 Å². The Balaban J connectivity index is 2.06. The van der Waals surface area contributed by atoms with Gasteiger partial charge in [0.05, 0.1) is 5.60 Å². The second kappa shape index (κ2) is 5.19. The summed E-state index contributed by atoms with van der Waals surface area (Å²) >= 11 is 0. The highest BCUT2D eigenvalue weighted by Gasteiger charge is 2.27. The summed E-state index contributed by atoms with van der Waals surface area (Å²) in [6.07, 6.45) is 3.33. The van der Waals surface area contributed by atoms with Crippen LogP contribution in [0.25, 0.3) is 0 Å². The maximum Gasteiger partial charge on any atom is 0.158 e. The standard InChI is InChI=1S/C15H22O2/c1-12-7-6-8-13(11-12)15(2,3)17-14-9-4-5-10-16-14/h6-8,11,14H,4-5,9-10H2,1-3H3. The summed E-state index contributed by atoms with van der Waals surface area (Å²) in [6.45, 7) is 7.16. The Morgan fingerprint density at radius 3 is 2.76 bits per heavy atom. The fourth-order valence-electron chi connectivity index (χ4n) is 2.22. The van der Waals surface area contributed by atoms with Crippen LogP contribution in [0, 0.1) is 6.92 Å². The number of ether oxygens (including phenoxy) is 2. The molecule has 1 aliphatic rings. The molecule has 1 saturated heterocycles. The quantitative estimate of drug-likeness (QED) is 0.792. The van der Waals surface area contributed by atoms with Crippen LogP contribution in [0.4, 0.5) is 0 Å². The van der Waals surface area contributed by atoms with Crippen LogP contribution in [0.5, 0.6) is 0 Å². The smallest absolute Gasteiger partial charge is 0.158 e. The van der Waals surface area contributed by atoms with E-state index in [0.29, 0.717) is 0 Å². The van der Waals surface area contributed by atoms with Gasteiger partial charge in [-0.2, -0.15) is 0 Å². The molecule has 0 bridgehead atoms. The average Bonchev–Trinajstić information content (AvgIpc) is 2.30. The van der Waals surface area contributed by atoms with Gasteiger partial charge in [-0.05, 0) is 45.6 Å². The van der Waals surface area contributed by atoms with E-state index in [1.165, 1.54) is 17.5 Å². The van der Waals surface area contributed by atoms with Crippen molar-refractivity contribution < 1.29 is 9.47 Å². The maximum atomic E-state index is 6.10. The van der Waals surface area contributed by atoms with E-state index in [0.717, 1.165) is 19.4 Å². The fourth-order valence-corrected chi connectivity index (χ4v) is 2.22. The zero-order valence-electron chi connectivity index (χ0n) is 11.0. The minimum Gasteiger partial charge on any atom is -0.353 e. The highest BCUT2D eigenvalue weighted by molar-refractivity contribution is 5.26. The highest BCUT2D eigenvalue weighted by atomic mass is 16.7. The molecule has 0 aliphatic carbocycles. The van der Waals surface area contributed by atoms with E-state index in [-0.39, 0.29) is 11.9 Å². The van der Waals surface area contributed by atoms with Crippen LogP contribution in [0.15, 0.2) is 24.3 Å². The number of hydrogen-bond acceptors (Lipinski definition) is 2. The highest BCUT2D eigenvalue weighted by Crippen LogP contribution is 2.29. The lowest BCUT2D eigenvalue weighted by atomic mass is 9.96. The fraction of sp³-hybridized carbons (Fsp3) is 0.600. The molecule has 1 aliphatic heterocycles. The summed E-state index contributed by atoms with van der Waals surface area (Å²) in [6, 6.07) is 8.49. The van der Waals surface area contributed by atoms with Crippen LogP contribution < -0.4 is 0 Å². The van der Waals surface area contributed by atoms with Gasteiger partial charge in [-0.1, -0.05) is 29.8 Å². The van der Waals surface area contributed by atoms with Gasteiger partial charge < -0.3 is 9.47 Å². The minimum atomic E-state index is -0.284. The van der Waals surface area contributed by atoms with Crippen molar-refractivity contribution in [3.8, 4) is 0 Å². The van der Waals surface area contributed by atoms with Crippen molar-refractivity contribution in [1.82, 2.24) is 0 Å². The third kappa shape index (κ3) is 3.30. The van der Waals surface area contributed by atoms with E-state index in [2.05, 4.69) is 45.0 Å².